The largest absolute Gasteiger partial charge is 0.396 e. The molecule has 18 heavy (non-hydrogen) atoms. The Labute approximate surface area is 102 Å². The van der Waals surface area contributed by atoms with Crippen molar-refractivity contribution in [2.75, 3.05) is 6.61 Å². The first-order chi connectivity index (χ1) is 8.49. The number of hydrogen-bond donors (Lipinski definition) is 3. The molecule has 0 aromatic heterocycles. The van der Waals surface area contributed by atoms with Crippen molar-refractivity contribution in [3.05, 3.63) is 39.4 Å². The highest BCUT2D eigenvalue weighted by Crippen LogP contribution is 2.24. The molecule has 0 aliphatic carbocycles. The van der Waals surface area contributed by atoms with Gasteiger partial charge in [-0.05, 0) is 18.1 Å². The highest BCUT2D eigenvalue weighted by molar-refractivity contribution is 5.76. The van der Waals surface area contributed by atoms with E-state index in [2.05, 4.69) is 0 Å². The first kappa shape index (κ1) is 14.2. The lowest BCUT2D eigenvalue weighted by Crippen LogP contribution is -2.19. The smallest absolute Gasteiger partial charge is 0.270 e. The van der Waals surface area contributed by atoms with E-state index in [-0.39, 0.29) is 29.8 Å². The number of nitro groups is 1. The van der Waals surface area contributed by atoms with Crippen LogP contribution in [0.2, 0.25) is 0 Å². The van der Waals surface area contributed by atoms with Gasteiger partial charge in [0.1, 0.15) is 12.4 Å². The van der Waals surface area contributed by atoms with Crippen LogP contribution in [-0.4, -0.2) is 39.2 Å². The zero-order valence-corrected chi connectivity index (χ0v) is 9.39. The first-order valence-corrected chi connectivity index (χ1v) is 5.21. The van der Waals surface area contributed by atoms with Crippen LogP contribution in [0.15, 0.2) is 18.2 Å². The van der Waals surface area contributed by atoms with Gasteiger partial charge in [-0.25, -0.2) is 0 Å². The zero-order chi connectivity index (χ0) is 13.7. The van der Waals surface area contributed by atoms with Crippen LogP contribution in [0.25, 0.3) is 0 Å². The molecule has 0 saturated carbocycles. The second-order valence-corrected chi connectivity index (χ2v) is 3.76. The number of aliphatic hydroxyl groups is 3. The minimum Gasteiger partial charge on any atom is -0.396 e. The standard InChI is InChI=1S/C11H13NO6/c13-2-1-10(15)11(16)8-3-7(6-14)4-9(5-8)12(17)18/h3-6,10-11,13,15-16H,1-2H2. The number of rotatable bonds is 6. The van der Waals surface area contributed by atoms with Crippen molar-refractivity contribution in [3.8, 4) is 0 Å². The topological polar surface area (TPSA) is 121 Å². The average molecular weight is 255 g/mol. The predicted molar refractivity (Wildman–Crippen MR) is 61.2 cm³/mol. The Morgan fingerprint density at radius 3 is 2.50 bits per heavy atom. The van der Waals surface area contributed by atoms with Crippen LogP contribution in [0.5, 0.6) is 0 Å². The number of benzene rings is 1. The quantitative estimate of drug-likeness (QED) is 0.379. The van der Waals surface area contributed by atoms with Gasteiger partial charge in [0.25, 0.3) is 5.69 Å². The van der Waals surface area contributed by atoms with Crippen LogP contribution >= 0.6 is 0 Å². The van der Waals surface area contributed by atoms with Gasteiger partial charge in [0.15, 0.2) is 0 Å². The van der Waals surface area contributed by atoms with Gasteiger partial charge in [-0.15, -0.1) is 0 Å². The molecule has 0 fully saturated rings. The second kappa shape index (κ2) is 6.20. The normalized spacial score (nSPS) is 13.9. The van der Waals surface area contributed by atoms with Crippen molar-refractivity contribution in [2.45, 2.75) is 18.6 Å². The first-order valence-electron chi connectivity index (χ1n) is 5.21. The second-order valence-electron chi connectivity index (χ2n) is 3.76. The molecule has 0 spiro atoms. The van der Waals surface area contributed by atoms with E-state index < -0.39 is 17.1 Å². The molecule has 0 radical (unpaired) electrons. The molecule has 1 aromatic rings. The summed E-state index contributed by atoms with van der Waals surface area (Å²) < 4.78 is 0. The molecular weight excluding hydrogens is 242 g/mol. The van der Waals surface area contributed by atoms with Crippen LogP contribution in [0.1, 0.15) is 28.4 Å². The summed E-state index contributed by atoms with van der Waals surface area (Å²) in [4.78, 5) is 20.6. The molecule has 3 N–H and O–H groups in total. The fourth-order valence-electron chi connectivity index (χ4n) is 1.52. The Bertz CT molecular complexity index is 447. The maximum Gasteiger partial charge on any atom is 0.270 e. The third-order valence-electron chi connectivity index (χ3n) is 2.44. The predicted octanol–water partition coefficient (Wildman–Crippen LogP) is 0.184. The van der Waals surface area contributed by atoms with E-state index in [1.165, 1.54) is 6.07 Å². The summed E-state index contributed by atoms with van der Waals surface area (Å²) in [6.07, 6.45) is -2.30. The van der Waals surface area contributed by atoms with Gasteiger partial charge in [-0.1, -0.05) is 0 Å². The van der Waals surface area contributed by atoms with Gasteiger partial charge in [0, 0.05) is 24.3 Å². The number of carbonyl (C=O) groups excluding carboxylic acids is 1. The van der Waals surface area contributed by atoms with E-state index >= 15 is 0 Å². The number of hydrogen-bond acceptors (Lipinski definition) is 6. The van der Waals surface area contributed by atoms with Crippen LogP contribution in [0.4, 0.5) is 5.69 Å². The monoisotopic (exact) mass is 255 g/mol. The summed E-state index contributed by atoms with van der Waals surface area (Å²) in [6, 6.07) is 3.41. The number of aldehydes is 1. The van der Waals surface area contributed by atoms with Gasteiger partial charge in [-0.3, -0.25) is 14.9 Å². The van der Waals surface area contributed by atoms with Gasteiger partial charge < -0.3 is 15.3 Å². The Morgan fingerprint density at radius 1 is 1.33 bits per heavy atom. The summed E-state index contributed by atoms with van der Waals surface area (Å²) >= 11 is 0. The molecular formula is C11H13NO6. The van der Waals surface area contributed by atoms with Crippen molar-refractivity contribution in [3.63, 3.8) is 0 Å². The van der Waals surface area contributed by atoms with Crippen molar-refractivity contribution in [1.82, 2.24) is 0 Å². The molecule has 7 nitrogen and oxygen atoms in total. The van der Waals surface area contributed by atoms with Crippen molar-refractivity contribution >= 4 is 12.0 Å². The highest BCUT2D eigenvalue weighted by Gasteiger charge is 2.21. The van der Waals surface area contributed by atoms with E-state index in [1.807, 2.05) is 0 Å². The van der Waals surface area contributed by atoms with E-state index in [4.69, 9.17) is 5.11 Å². The number of aliphatic hydroxyl groups excluding tert-OH is 3. The lowest BCUT2D eigenvalue weighted by Gasteiger charge is -2.17. The van der Waals surface area contributed by atoms with Crippen molar-refractivity contribution < 1.29 is 25.0 Å². The molecule has 2 atom stereocenters. The molecule has 1 rings (SSSR count). The SMILES string of the molecule is O=Cc1cc(C(O)C(O)CCO)cc([N+](=O)[O-])c1. The van der Waals surface area contributed by atoms with Crippen molar-refractivity contribution in [2.24, 2.45) is 0 Å². The fraction of sp³-hybridized carbons (Fsp3) is 0.364. The van der Waals surface area contributed by atoms with E-state index in [9.17, 15) is 25.1 Å². The highest BCUT2D eigenvalue weighted by atomic mass is 16.6. The van der Waals surface area contributed by atoms with E-state index in [0.717, 1.165) is 12.1 Å². The van der Waals surface area contributed by atoms with E-state index in [1.54, 1.807) is 0 Å². The number of nitro benzene ring substituents is 1. The fourth-order valence-corrected chi connectivity index (χ4v) is 1.52. The lowest BCUT2D eigenvalue weighted by atomic mass is 10.00. The minimum atomic E-state index is -1.39. The van der Waals surface area contributed by atoms with E-state index in [0.29, 0.717) is 6.29 Å². The summed E-state index contributed by atoms with van der Waals surface area (Å²) in [5, 5.41) is 38.5. The molecule has 0 amide bonds. The minimum absolute atomic E-state index is 0.0365. The summed E-state index contributed by atoms with van der Waals surface area (Å²) in [7, 11) is 0. The molecule has 0 saturated heterocycles. The maximum atomic E-state index is 10.6. The van der Waals surface area contributed by atoms with Crippen molar-refractivity contribution in [1.29, 1.82) is 0 Å². The van der Waals surface area contributed by atoms with Crippen LogP contribution in [0.3, 0.4) is 0 Å². The average Bonchev–Trinajstić information content (AvgIpc) is 2.37. The summed E-state index contributed by atoms with van der Waals surface area (Å²) in [5.74, 6) is 0. The Hall–Kier alpha value is -1.83. The third-order valence-corrected chi connectivity index (χ3v) is 2.44. The molecule has 0 aliphatic heterocycles. The number of non-ortho nitro benzene ring substituents is 1. The van der Waals surface area contributed by atoms with Gasteiger partial charge in [0.05, 0.1) is 11.0 Å². The van der Waals surface area contributed by atoms with Gasteiger partial charge >= 0.3 is 0 Å². The molecule has 7 heteroatoms. The lowest BCUT2D eigenvalue weighted by molar-refractivity contribution is -0.385. The molecule has 0 aliphatic rings. The van der Waals surface area contributed by atoms with Crippen LogP contribution < -0.4 is 0 Å². The summed E-state index contributed by atoms with van der Waals surface area (Å²) in [5.41, 5.74) is -0.244. The zero-order valence-electron chi connectivity index (χ0n) is 9.39. The van der Waals surface area contributed by atoms with Crippen LogP contribution in [-0.2, 0) is 0 Å². The van der Waals surface area contributed by atoms with Gasteiger partial charge in [0.2, 0.25) is 0 Å². The Morgan fingerprint density at radius 2 is 2.00 bits per heavy atom. The molecule has 0 bridgehead atoms. The Kier molecular flexibility index (Phi) is 4.90. The van der Waals surface area contributed by atoms with Gasteiger partial charge in [-0.2, -0.15) is 0 Å². The molecule has 0 heterocycles. The number of nitrogens with zero attached hydrogens (tertiary/aromatic N) is 1. The Balaban J connectivity index is 3.11. The summed E-state index contributed by atoms with van der Waals surface area (Å²) in [6.45, 7) is -0.326. The number of carbonyl (C=O) groups is 1. The maximum absolute atomic E-state index is 10.6. The van der Waals surface area contributed by atoms with Crippen LogP contribution in [0, 0.1) is 10.1 Å². The molecule has 1 aromatic carbocycles. The molecule has 98 valence electrons. The third kappa shape index (κ3) is 3.33. The molecule has 2 unspecified atom stereocenters.